The first kappa shape index (κ1) is 19.5. The number of carbonyl (C=O) groups excluding carboxylic acids is 2. The van der Waals surface area contributed by atoms with E-state index in [0.29, 0.717) is 19.0 Å². The lowest BCUT2D eigenvalue weighted by Gasteiger charge is -2.21. The van der Waals surface area contributed by atoms with Crippen LogP contribution in [0.3, 0.4) is 0 Å². The quantitative estimate of drug-likeness (QED) is 0.653. The SMILES string of the molecule is CC(=O)N(CCC(=O)NCCc1c[nH]c2ccccc12)c1ccc(F)cc1F. The summed E-state index contributed by atoms with van der Waals surface area (Å²) in [5.41, 5.74) is 2.11. The highest BCUT2D eigenvalue weighted by Gasteiger charge is 2.17. The van der Waals surface area contributed by atoms with Crippen LogP contribution in [0, 0.1) is 11.6 Å². The fourth-order valence-corrected chi connectivity index (χ4v) is 3.12. The van der Waals surface area contributed by atoms with Gasteiger partial charge in [0.2, 0.25) is 11.8 Å². The van der Waals surface area contributed by atoms with Crippen molar-refractivity contribution >= 4 is 28.4 Å². The number of aromatic amines is 1. The normalized spacial score (nSPS) is 10.8. The number of nitrogens with zero attached hydrogens (tertiary/aromatic N) is 1. The summed E-state index contributed by atoms with van der Waals surface area (Å²) in [6.45, 7) is 1.74. The fourth-order valence-electron chi connectivity index (χ4n) is 3.12. The maximum absolute atomic E-state index is 13.9. The second-order valence-corrected chi connectivity index (χ2v) is 6.48. The van der Waals surface area contributed by atoms with Crippen molar-refractivity contribution in [3.8, 4) is 0 Å². The zero-order chi connectivity index (χ0) is 20.1. The molecule has 146 valence electrons. The van der Waals surface area contributed by atoms with Gasteiger partial charge in [0.1, 0.15) is 11.6 Å². The molecule has 7 heteroatoms. The number of fused-ring (bicyclic) bond motifs is 1. The minimum absolute atomic E-state index is 0.0107. The average Bonchev–Trinajstić information content (AvgIpc) is 3.06. The lowest BCUT2D eigenvalue weighted by Crippen LogP contribution is -2.35. The summed E-state index contributed by atoms with van der Waals surface area (Å²) >= 11 is 0. The predicted octanol–water partition coefficient (Wildman–Crippen LogP) is 3.55. The van der Waals surface area contributed by atoms with E-state index in [1.807, 2.05) is 30.5 Å². The standard InChI is InChI=1S/C21H21F2N3O2/c1-14(27)26(20-7-6-16(22)12-18(20)23)11-9-21(28)24-10-8-15-13-25-19-5-3-2-4-17(15)19/h2-7,12-13,25H,8-11H2,1H3,(H,24,28). The Bertz CT molecular complexity index is 1000. The highest BCUT2D eigenvalue weighted by atomic mass is 19.1. The Kier molecular flexibility index (Phi) is 6.03. The molecule has 2 aromatic carbocycles. The molecule has 1 heterocycles. The Balaban J connectivity index is 1.53. The van der Waals surface area contributed by atoms with E-state index in [1.165, 1.54) is 13.0 Å². The van der Waals surface area contributed by atoms with Crippen LogP contribution in [0.1, 0.15) is 18.9 Å². The van der Waals surface area contributed by atoms with Crippen molar-refractivity contribution in [1.29, 1.82) is 0 Å². The smallest absolute Gasteiger partial charge is 0.223 e. The number of H-pyrrole nitrogens is 1. The van der Waals surface area contributed by atoms with Crippen molar-refractivity contribution < 1.29 is 18.4 Å². The molecule has 3 rings (SSSR count). The van der Waals surface area contributed by atoms with Gasteiger partial charge in [-0.25, -0.2) is 8.78 Å². The van der Waals surface area contributed by atoms with Gasteiger partial charge in [-0.15, -0.1) is 0 Å². The third-order valence-electron chi connectivity index (χ3n) is 4.53. The molecule has 0 unspecified atom stereocenters. The fraction of sp³-hybridized carbons (Fsp3) is 0.238. The van der Waals surface area contributed by atoms with Crippen LogP contribution in [0.25, 0.3) is 10.9 Å². The molecule has 0 atom stereocenters. The Morgan fingerprint density at radius 1 is 1.14 bits per heavy atom. The molecular formula is C21H21F2N3O2. The van der Waals surface area contributed by atoms with Gasteiger partial charge in [-0.05, 0) is 30.2 Å². The molecule has 0 radical (unpaired) electrons. The van der Waals surface area contributed by atoms with Gasteiger partial charge in [-0.3, -0.25) is 9.59 Å². The summed E-state index contributed by atoms with van der Waals surface area (Å²) in [4.78, 5) is 28.3. The number of nitrogens with one attached hydrogen (secondary N) is 2. The molecular weight excluding hydrogens is 364 g/mol. The predicted molar refractivity (Wildman–Crippen MR) is 104 cm³/mol. The van der Waals surface area contributed by atoms with Crippen LogP contribution in [0.4, 0.5) is 14.5 Å². The van der Waals surface area contributed by atoms with Crippen molar-refractivity contribution in [3.63, 3.8) is 0 Å². The molecule has 0 aliphatic carbocycles. The summed E-state index contributed by atoms with van der Waals surface area (Å²) in [5, 5.41) is 3.93. The molecule has 0 saturated carbocycles. The Hall–Kier alpha value is -3.22. The third-order valence-corrected chi connectivity index (χ3v) is 4.53. The molecule has 0 aliphatic heterocycles. The van der Waals surface area contributed by atoms with Gasteiger partial charge in [-0.1, -0.05) is 18.2 Å². The van der Waals surface area contributed by atoms with E-state index < -0.39 is 17.5 Å². The van der Waals surface area contributed by atoms with Gasteiger partial charge in [0.25, 0.3) is 0 Å². The molecule has 1 aromatic heterocycles. The highest BCUT2D eigenvalue weighted by molar-refractivity contribution is 5.92. The van der Waals surface area contributed by atoms with Crippen LogP contribution in [0.5, 0.6) is 0 Å². The van der Waals surface area contributed by atoms with Gasteiger partial charge in [-0.2, -0.15) is 0 Å². The highest BCUT2D eigenvalue weighted by Crippen LogP contribution is 2.21. The summed E-state index contributed by atoms with van der Waals surface area (Å²) in [5.74, 6) is -2.22. The zero-order valence-corrected chi connectivity index (χ0v) is 15.5. The lowest BCUT2D eigenvalue weighted by molar-refractivity contribution is -0.121. The Morgan fingerprint density at radius 2 is 1.93 bits per heavy atom. The van der Waals surface area contributed by atoms with Gasteiger partial charge < -0.3 is 15.2 Å². The van der Waals surface area contributed by atoms with E-state index in [4.69, 9.17) is 0 Å². The molecule has 0 bridgehead atoms. The van der Waals surface area contributed by atoms with Crippen molar-refractivity contribution in [2.24, 2.45) is 0 Å². The number of anilines is 1. The third kappa shape index (κ3) is 4.54. The van der Waals surface area contributed by atoms with Crippen LogP contribution >= 0.6 is 0 Å². The summed E-state index contributed by atoms with van der Waals surface area (Å²) in [6.07, 6.45) is 2.61. The maximum atomic E-state index is 13.9. The second kappa shape index (κ2) is 8.65. The first-order valence-electron chi connectivity index (χ1n) is 9.00. The number of hydrogen-bond donors (Lipinski definition) is 2. The first-order chi connectivity index (χ1) is 13.5. The van der Waals surface area contributed by atoms with Crippen LogP contribution in [-0.2, 0) is 16.0 Å². The van der Waals surface area contributed by atoms with E-state index in [9.17, 15) is 18.4 Å². The van der Waals surface area contributed by atoms with Crippen molar-refractivity contribution in [2.75, 3.05) is 18.0 Å². The molecule has 28 heavy (non-hydrogen) atoms. The van der Waals surface area contributed by atoms with Gasteiger partial charge >= 0.3 is 0 Å². The molecule has 0 fully saturated rings. The number of aromatic nitrogens is 1. The average molecular weight is 385 g/mol. The lowest BCUT2D eigenvalue weighted by atomic mass is 10.1. The number of rotatable bonds is 7. The van der Waals surface area contributed by atoms with Gasteiger partial charge in [0.15, 0.2) is 0 Å². The number of amides is 2. The molecule has 2 amide bonds. The van der Waals surface area contributed by atoms with E-state index in [2.05, 4.69) is 10.3 Å². The van der Waals surface area contributed by atoms with Crippen molar-refractivity contribution in [1.82, 2.24) is 10.3 Å². The summed E-state index contributed by atoms with van der Waals surface area (Å²) < 4.78 is 27.0. The van der Waals surface area contributed by atoms with Crippen LogP contribution < -0.4 is 10.2 Å². The maximum Gasteiger partial charge on any atom is 0.223 e. The molecule has 0 spiro atoms. The van der Waals surface area contributed by atoms with E-state index in [1.54, 1.807) is 0 Å². The minimum Gasteiger partial charge on any atom is -0.361 e. The monoisotopic (exact) mass is 385 g/mol. The molecule has 0 aliphatic rings. The second-order valence-electron chi connectivity index (χ2n) is 6.48. The minimum atomic E-state index is -0.838. The number of hydrogen-bond acceptors (Lipinski definition) is 2. The topological polar surface area (TPSA) is 65.2 Å². The number of halogens is 2. The number of para-hydroxylation sites is 1. The Labute approximate surface area is 161 Å². The molecule has 2 N–H and O–H groups in total. The van der Waals surface area contributed by atoms with E-state index >= 15 is 0 Å². The van der Waals surface area contributed by atoms with Gasteiger partial charge in [0, 0.05) is 49.6 Å². The van der Waals surface area contributed by atoms with Crippen molar-refractivity contribution in [2.45, 2.75) is 19.8 Å². The van der Waals surface area contributed by atoms with E-state index in [-0.39, 0.29) is 24.6 Å². The van der Waals surface area contributed by atoms with Gasteiger partial charge in [0.05, 0.1) is 5.69 Å². The molecule has 3 aromatic rings. The van der Waals surface area contributed by atoms with Crippen LogP contribution in [0.15, 0.2) is 48.7 Å². The molecule has 0 saturated heterocycles. The number of benzene rings is 2. The molecule has 5 nitrogen and oxygen atoms in total. The van der Waals surface area contributed by atoms with E-state index in [0.717, 1.165) is 27.4 Å². The number of carbonyl (C=O) groups is 2. The first-order valence-corrected chi connectivity index (χ1v) is 9.00. The largest absolute Gasteiger partial charge is 0.361 e. The van der Waals surface area contributed by atoms with Crippen LogP contribution in [-0.4, -0.2) is 29.9 Å². The summed E-state index contributed by atoms with van der Waals surface area (Å²) in [6, 6.07) is 10.9. The van der Waals surface area contributed by atoms with Crippen molar-refractivity contribution in [3.05, 3.63) is 65.9 Å². The summed E-state index contributed by atoms with van der Waals surface area (Å²) in [7, 11) is 0. The van der Waals surface area contributed by atoms with Crippen LogP contribution in [0.2, 0.25) is 0 Å². The zero-order valence-electron chi connectivity index (χ0n) is 15.5. The Morgan fingerprint density at radius 3 is 2.68 bits per heavy atom.